The zero-order valence-corrected chi connectivity index (χ0v) is 13.6. The molecule has 0 atom stereocenters. The number of anilines is 1. The van der Waals surface area contributed by atoms with Crippen LogP contribution in [0.3, 0.4) is 0 Å². The number of halogens is 1. The van der Waals surface area contributed by atoms with Crippen LogP contribution >= 0.6 is 11.6 Å². The number of benzene rings is 1. The molecule has 0 aliphatic rings. The molecule has 6 nitrogen and oxygen atoms in total. The Morgan fingerprint density at radius 1 is 1.43 bits per heavy atom. The number of ether oxygens (including phenoxy) is 1. The molecule has 1 aromatic rings. The summed E-state index contributed by atoms with van der Waals surface area (Å²) in [4.78, 5) is 11.0. The molecule has 0 aliphatic carbocycles. The summed E-state index contributed by atoms with van der Waals surface area (Å²) >= 11 is 6.02. The van der Waals surface area contributed by atoms with Crippen molar-refractivity contribution in [2.75, 3.05) is 25.6 Å². The first kappa shape index (κ1) is 17.7. The van der Waals surface area contributed by atoms with Crippen LogP contribution in [-0.2, 0) is 26.1 Å². The van der Waals surface area contributed by atoms with E-state index in [4.69, 9.17) is 17.3 Å². The fourth-order valence-electron chi connectivity index (χ4n) is 1.71. The second kappa shape index (κ2) is 7.63. The molecule has 1 rings (SSSR count). The molecule has 0 saturated carbocycles. The summed E-state index contributed by atoms with van der Waals surface area (Å²) in [7, 11) is -0.732. The molecule has 0 heterocycles. The van der Waals surface area contributed by atoms with Gasteiger partial charge in [-0.25, -0.2) is 12.7 Å². The number of hydrogen-bond donors (Lipinski definition) is 1. The number of hydrogen-bond acceptors (Lipinski definition) is 5. The normalized spacial score (nSPS) is 11.6. The maximum Gasteiger partial charge on any atom is 0.305 e. The van der Waals surface area contributed by atoms with Gasteiger partial charge < -0.3 is 10.5 Å². The number of methoxy groups -OCH3 is 1. The van der Waals surface area contributed by atoms with Gasteiger partial charge in [0.1, 0.15) is 0 Å². The van der Waals surface area contributed by atoms with Gasteiger partial charge in [0.2, 0.25) is 10.0 Å². The molecule has 21 heavy (non-hydrogen) atoms. The lowest BCUT2D eigenvalue weighted by Gasteiger charge is -2.18. The van der Waals surface area contributed by atoms with Gasteiger partial charge >= 0.3 is 5.97 Å². The molecule has 0 spiro atoms. The van der Waals surface area contributed by atoms with E-state index in [2.05, 4.69) is 4.74 Å². The molecule has 0 unspecified atom stereocenters. The molecule has 0 aromatic heterocycles. The molecule has 0 saturated heterocycles. The van der Waals surface area contributed by atoms with Gasteiger partial charge in [-0.2, -0.15) is 0 Å². The number of nitrogens with two attached hydrogens (primary N) is 1. The number of rotatable bonds is 7. The van der Waals surface area contributed by atoms with Gasteiger partial charge in [-0.1, -0.05) is 11.6 Å². The van der Waals surface area contributed by atoms with E-state index in [9.17, 15) is 13.2 Å². The third-order valence-electron chi connectivity index (χ3n) is 2.95. The molecule has 118 valence electrons. The Morgan fingerprint density at radius 2 is 2.10 bits per heavy atom. The second-order valence-corrected chi connectivity index (χ2v) is 7.21. The van der Waals surface area contributed by atoms with Crippen molar-refractivity contribution in [1.29, 1.82) is 0 Å². The molecule has 0 aliphatic heterocycles. The fourth-order valence-corrected chi connectivity index (χ4v) is 3.04. The standard InChI is InChI=1S/C13H19ClN2O4S/c1-16(9-10-8-11(15)5-6-12(10)14)21(18,19)7-3-4-13(17)20-2/h5-6,8H,3-4,7,9,15H2,1-2H3. The van der Waals surface area contributed by atoms with Crippen LogP contribution in [-0.4, -0.2) is 38.6 Å². The van der Waals surface area contributed by atoms with E-state index < -0.39 is 16.0 Å². The zero-order valence-electron chi connectivity index (χ0n) is 12.0. The summed E-state index contributed by atoms with van der Waals surface area (Å²) in [5.41, 5.74) is 6.82. The van der Waals surface area contributed by atoms with Gasteiger partial charge in [-0.3, -0.25) is 4.79 Å². The second-order valence-electron chi connectivity index (χ2n) is 4.60. The number of carbonyl (C=O) groups excluding carboxylic acids is 1. The van der Waals surface area contributed by atoms with Crippen LogP contribution < -0.4 is 5.73 Å². The minimum absolute atomic E-state index is 0.0720. The van der Waals surface area contributed by atoms with E-state index in [-0.39, 0.29) is 25.1 Å². The summed E-state index contributed by atoms with van der Waals surface area (Å²) < 4.78 is 29.9. The average Bonchev–Trinajstić information content (AvgIpc) is 2.42. The smallest absolute Gasteiger partial charge is 0.305 e. The van der Waals surface area contributed by atoms with E-state index in [1.807, 2.05) is 0 Å². The topological polar surface area (TPSA) is 89.7 Å². The Balaban J connectivity index is 2.66. The van der Waals surface area contributed by atoms with E-state index in [1.54, 1.807) is 18.2 Å². The molecule has 2 N–H and O–H groups in total. The Labute approximate surface area is 129 Å². The minimum Gasteiger partial charge on any atom is -0.469 e. The first-order chi connectivity index (χ1) is 9.76. The summed E-state index contributed by atoms with van der Waals surface area (Å²) in [5, 5.41) is 0.459. The Kier molecular flexibility index (Phi) is 6.44. The van der Waals surface area contributed by atoms with E-state index >= 15 is 0 Å². The third-order valence-corrected chi connectivity index (χ3v) is 5.20. The molecule has 0 amide bonds. The molecule has 0 bridgehead atoms. The summed E-state index contributed by atoms with van der Waals surface area (Å²) in [5.74, 6) is -0.551. The van der Waals surface area contributed by atoms with E-state index in [0.29, 0.717) is 16.3 Å². The number of nitrogen functional groups attached to an aromatic ring is 1. The zero-order chi connectivity index (χ0) is 16.0. The highest BCUT2D eigenvalue weighted by molar-refractivity contribution is 7.89. The largest absolute Gasteiger partial charge is 0.469 e. The van der Waals surface area contributed by atoms with Crippen molar-refractivity contribution in [1.82, 2.24) is 4.31 Å². The van der Waals surface area contributed by atoms with E-state index in [0.717, 1.165) is 0 Å². The number of carbonyl (C=O) groups is 1. The number of esters is 1. The van der Waals surface area contributed by atoms with Crippen LogP contribution in [0.2, 0.25) is 5.02 Å². The fraction of sp³-hybridized carbons (Fsp3) is 0.462. The molecule has 8 heteroatoms. The minimum atomic E-state index is -3.47. The molecule has 0 radical (unpaired) electrons. The van der Waals surface area contributed by atoms with Crippen molar-refractivity contribution in [3.05, 3.63) is 28.8 Å². The predicted molar refractivity (Wildman–Crippen MR) is 82.4 cm³/mol. The van der Waals surface area contributed by atoms with Gasteiger partial charge in [0, 0.05) is 30.7 Å². The highest BCUT2D eigenvalue weighted by Crippen LogP contribution is 2.21. The van der Waals surface area contributed by atoms with Crippen molar-refractivity contribution in [3.8, 4) is 0 Å². The lowest BCUT2D eigenvalue weighted by Crippen LogP contribution is -2.29. The molecular formula is C13H19ClN2O4S. The van der Waals surface area contributed by atoms with Crippen LogP contribution in [0.4, 0.5) is 5.69 Å². The monoisotopic (exact) mass is 334 g/mol. The maximum atomic E-state index is 12.1. The van der Waals surface area contributed by atoms with Crippen molar-refractivity contribution < 1.29 is 17.9 Å². The van der Waals surface area contributed by atoms with Gasteiger partial charge in [0.25, 0.3) is 0 Å². The quantitative estimate of drug-likeness (QED) is 0.604. The van der Waals surface area contributed by atoms with Crippen LogP contribution in [0.15, 0.2) is 18.2 Å². The van der Waals surface area contributed by atoms with Crippen LogP contribution in [0, 0.1) is 0 Å². The number of sulfonamides is 1. The Hall–Kier alpha value is -1.31. The SMILES string of the molecule is COC(=O)CCCS(=O)(=O)N(C)Cc1cc(N)ccc1Cl. The van der Waals surface area contributed by atoms with Gasteiger partial charge in [0.05, 0.1) is 12.9 Å². The first-order valence-electron chi connectivity index (χ1n) is 6.31. The van der Waals surface area contributed by atoms with E-state index in [1.165, 1.54) is 18.5 Å². The number of nitrogens with zero attached hydrogens (tertiary/aromatic N) is 1. The highest BCUT2D eigenvalue weighted by Gasteiger charge is 2.19. The Bertz CT molecular complexity index is 604. The van der Waals surface area contributed by atoms with Crippen molar-refractivity contribution in [2.24, 2.45) is 0 Å². The van der Waals surface area contributed by atoms with Crippen LogP contribution in [0.25, 0.3) is 0 Å². The van der Waals surface area contributed by atoms with Crippen molar-refractivity contribution in [2.45, 2.75) is 19.4 Å². The average molecular weight is 335 g/mol. The van der Waals surface area contributed by atoms with Crippen LogP contribution in [0.1, 0.15) is 18.4 Å². The molecular weight excluding hydrogens is 316 g/mol. The maximum absolute atomic E-state index is 12.1. The summed E-state index contributed by atoms with van der Waals surface area (Å²) in [6, 6.07) is 4.92. The van der Waals surface area contributed by atoms with Gasteiger partial charge in [0.15, 0.2) is 0 Å². The van der Waals surface area contributed by atoms with Crippen molar-refractivity contribution >= 4 is 33.3 Å². The highest BCUT2D eigenvalue weighted by atomic mass is 35.5. The lowest BCUT2D eigenvalue weighted by atomic mass is 10.2. The lowest BCUT2D eigenvalue weighted by molar-refractivity contribution is -0.140. The Morgan fingerprint density at radius 3 is 2.71 bits per heavy atom. The molecule has 1 aromatic carbocycles. The predicted octanol–water partition coefficient (Wildman–Crippen LogP) is 1.64. The molecule has 0 fully saturated rings. The van der Waals surface area contributed by atoms with Crippen LogP contribution in [0.5, 0.6) is 0 Å². The summed E-state index contributed by atoms with van der Waals surface area (Å²) in [6.07, 6.45) is 0.284. The van der Waals surface area contributed by atoms with Crippen molar-refractivity contribution in [3.63, 3.8) is 0 Å². The van der Waals surface area contributed by atoms with Gasteiger partial charge in [-0.15, -0.1) is 0 Å². The van der Waals surface area contributed by atoms with Gasteiger partial charge in [-0.05, 0) is 30.2 Å². The first-order valence-corrected chi connectivity index (χ1v) is 8.29. The third kappa shape index (κ3) is 5.53. The summed E-state index contributed by atoms with van der Waals surface area (Å²) in [6.45, 7) is 0.129.